The zero-order chi connectivity index (χ0) is 24.6. The molecule has 1 aliphatic heterocycles. The second kappa shape index (κ2) is 8.82. The number of anilines is 1. The van der Waals surface area contributed by atoms with Crippen LogP contribution in [-0.4, -0.2) is 18.8 Å². The zero-order valence-corrected chi connectivity index (χ0v) is 19.8. The maximum absolute atomic E-state index is 13.1. The van der Waals surface area contributed by atoms with Crippen LogP contribution in [0.5, 0.6) is 5.75 Å². The summed E-state index contributed by atoms with van der Waals surface area (Å²) in [6.07, 6.45) is 0. The van der Waals surface area contributed by atoms with Gasteiger partial charge in [0.1, 0.15) is 5.75 Å². The van der Waals surface area contributed by atoms with Gasteiger partial charge in [-0.15, -0.1) is 0 Å². The normalized spacial score (nSPS) is 12.8. The Balaban J connectivity index is 1.35. The molecule has 0 saturated carbocycles. The third-order valence-electron chi connectivity index (χ3n) is 6.80. The van der Waals surface area contributed by atoms with Crippen molar-refractivity contribution < 1.29 is 14.3 Å². The Bertz CT molecular complexity index is 1640. The van der Waals surface area contributed by atoms with Gasteiger partial charge in [-0.2, -0.15) is 0 Å². The lowest BCUT2D eigenvalue weighted by molar-refractivity contribution is -0.114. The smallest absolute Gasteiger partial charge is 0.299 e. The number of Topliss-reactive ketones (excluding diaryl/α,β-unsaturated/α-hetero) is 1. The van der Waals surface area contributed by atoms with E-state index in [1.54, 1.807) is 12.0 Å². The van der Waals surface area contributed by atoms with Gasteiger partial charge in [0.15, 0.2) is 0 Å². The van der Waals surface area contributed by atoms with E-state index in [-0.39, 0.29) is 0 Å². The molecule has 174 valence electrons. The van der Waals surface area contributed by atoms with Crippen LogP contribution in [0.4, 0.5) is 5.69 Å². The van der Waals surface area contributed by atoms with Crippen LogP contribution in [0.25, 0.3) is 33.0 Å². The number of carbonyl (C=O) groups excluding carboxylic acids is 2. The average Bonchev–Trinajstić information content (AvgIpc) is 3.17. The van der Waals surface area contributed by atoms with E-state index in [0.717, 1.165) is 39.0 Å². The fourth-order valence-electron chi connectivity index (χ4n) is 4.89. The maximum Gasteiger partial charge on any atom is 0.299 e. The third-order valence-corrected chi connectivity index (χ3v) is 6.80. The van der Waals surface area contributed by atoms with Crippen LogP contribution >= 0.6 is 0 Å². The lowest BCUT2D eigenvalue weighted by Gasteiger charge is -2.19. The summed E-state index contributed by atoms with van der Waals surface area (Å²) in [6, 6.07) is 36.0. The largest absolute Gasteiger partial charge is 0.497 e. The van der Waals surface area contributed by atoms with Gasteiger partial charge < -0.3 is 9.64 Å². The predicted octanol–water partition coefficient (Wildman–Crippen LogP) is 6.91. The lowest BCUT2D eigenvalue weighted by Crippen LogP contribution is -2.29. The quantitative estimate of drug-likeness (QED) is 0.263. The molecule has 6 rings (SSSR count). The minimum atomic E-state index is -0.495. The lowest BCUT2D eigenvalue weighted by atomic mass is 9.97. The molecular formula is C32H23NO3. The summed E-state index contributed by atoms with van der Waals surface area (Å²) < 4.78 is 5.24. The van der Waals surface area contributed by atoms with Crippen molar-refractivity contribution in [3.05, 3.63) is 120 Å². The van der Waals surface area contributed by atoms with Crippen molar-refractivity contribution in [1.82, 2.24) is 0 Å². The first-order valence-corrected chi connectivity index (χ1v) is 11.8. The van der Waals surface area contributed by atoms with E-state index >= 15 is 0 Å². The van der Waals surface area contributed by atoms with Crippen LogP contribution in [0.3, 0.4) is 0 Å². The Hall–Kier alpha value is -4.70. The summed E-state index contributed by atoms with van der Waals surface area (Å²) in [5, 5.41) is 2.34. The van der Waals surface area contributed by atoms with Gasteiger partial charge in [0.05, 0.1) is 24.9 Å². The number of nitrogens with zero attached hydrogens (tertiary/aromatic N) is 1. The SMILES string of the molecule is COc1ccc(-c2ccc3c(c2)C(=O)C(=O)N3Cc2ccccc2-c2ccc3ccccc3c2)cc1. The van der Waals surface area contributed by atoms with Crippen LogP contribution in [0.1, 0.15) is 15.9 Å². The fourth-order valence-corrected chi connectivity index (χ4v) is 4.89. The topological polar surface area (TPSA) is 46.6 Å². The molecule has 0 atom stereocenters. The summed E-state index contributed by atoms with van der Waals surface area (Å²) in [5.41, 5.74) is 6.05. The molecule has 5 aromatic carbocycles. The molecule has 0 radical (unpaired) electrons. The molecule has 1 heterocycles. The molecule has 36 heavy (non-hydrogen) atoms. The number of methoxy groups -OCH3 is 1. The molecule has 0 fully saturated rings. The van der Waals surface area contributed by atoms with Crippen LogP contribution in [0.15, 0.2) is 109 Å². The first kappa shape index (κ1) is 21.8. The number of ketones is 1. The van der Waals surface area contributed by atoms with Crippen molar-refractivity contribution in [2.45, 2.75) is 6.54 Å². The molecule has 4 heteroatoms. The van der Waals surface area contributed by atoms with Crippen molar-refractivity contribution >= 4 is 28.2 Å². The van der Waals surface area contributed by atoms with E-state index in [2.05, 4.69) is 36.4 Å². The second-order valence-electron chi connectivity index (χ2n) is 8.90. The van der Waals surface area contributed by atoms with E-state index in [1.165, 1.54) is 5.39 Å². The number of fused-ring (bicyclic) bond motifs is 2. The van der Waals surface area contributed by atoms with Gasteiger partial charge >= 0.3 is 0 Å². The predicted molar refractivity (Wildman–Crippen MR) is 143 cm³/mol. The summed E-state index contributed by atoms with van der Waals surface area (Å²) in [4.78, 5) is 27.6. The van der Waals surface area contributed by atoms with Crippen molar-refractivity contribution in [3.63, 3.8) is 0 Å². The number of ether oxygens (including phenoxy) is 1. The molecule has 4 nitrogen and oxygen atoms in total. The Labute approximate surface area is 209 Å². The fraction of sp³-hybridized carbons (Fsp3) is 0.0625. The van der Waals surface area contributed by atoms with E-state index in [1.807, 2.05) is 72.8 Å². The minimum Gasteiger partial charge on any atom is -0.497 e. The Morgan fingerprint density at radius 1 is 0.639 bits per heavy atom. The molecule has 0 N–H and O–H groups in total. The van der Waals surface area contributed by atoms with E-state index in [0.29, 0.717) is 17.8 Å². The number of carbonyl (C=O) groups is 2. The zero-order valence-electron chi connectivity index (χ0n) is 19.8. The number of hydrogen-bond donors (Lipinski definition) is 0. The van der Waals surface area contributed by atoms with Crippen LogP contribution < -0.4 is 9.64 Å². The van der Waals surface area contributed by atoms with Gasteiger partial charge in [-0.25, -0.2) is 0 Å². The number of benzene rings is 5. The summed E-state index contributed by atoms with van der Waals surface area (Å²) in [7, 11) is 1.63. The van der Waals surface area contributed by atoms with E-state index in [4.69, 9.17) is 4.74 Å². The highest BCUT2D eigenvalue weighted by Crippen LogP contribution is 2.36. The highest BCUT2D eigenvalue weighted by Gasteiger charge is 2.36. The van der Waals surface area contributed by atoms with Gasteiger partial charge in [0, 0.05) is 0 Å². The van der Waals surface area contributed by atoms with Gasteiger partial charge in [-0.1, -0.05) is 78.9 Å². The van der Waals surface area contributed by atoms with Gasteiger partial charge in [-0.3, -0.25) is 9.59 Å². The van der Waals surface area contributed by atoms with Gasteiger partial charge in [-0.05, 0) is 68.9 Å². The van der Waals surface area contributed by atoms with Crippen LogP contribution in [0.2, 0.25) is 0 Å². The minimum absolute atomic E-state index is 0.322. The number of amides is 1. The maximum atomic E-state index is 13.1. The molecular weight excluding hydrogens is 446 g/mol. The molecule has 0 spiro atoms. The molecule has 1 aliphatic rings. The standard InChI is InChI=1S/C32H23NO3/c1-36-27-15-12-22(13-16-27)24-14-17-30-29(19-24)31(34)32(35)33(30)20-26-8-4-5-9-28(26)25-11-10-21-6-2-3-7-23(21)18-25/h2-19H,20H2,1H3. The molecule has 0 aliphatic carbocycles. The average molecular weight is 470 g/mol. The van der Waals surface area contributed by atoms with Gasteiger partial charge in [0.25, 0.3) is 11.7 Å². The van der Waals surface area contributed by atoms with Crippen molar-refractivity contribution in [2.24, 2.45) is 0 Å². The highest BCUT2D eigenvalue weighted by molar-refractivity contribution is 6.52. The third kappa shape index (κ3) is 3.73. The molecule has 0 bridgehead atoms. The van der Waals surface area contributed by atoms with Gasteiger partial charge in [0.2, 0.25) is 0 Å². The van der Waals surface area contributed by atoms with Crippen LogP contribution in [-0.2, 0) is 11.3 Å². The highest BCUT2D eigenvalue weighted by atomic mass is 16.5. The van der Waals surface area contributed by atoms with E-state index in [9.17, 15) is 9.59 Å². The molecule has 0 aromatic heterocycles. The number of rotatable bonds is 5. The molecule has 0 unspecified atom stereocenters. The molecule has 5 aromatic rings. The van der Waals surface area contributed by atoms with Crippen LogP contribution in [0, 0.1) is 0 Å². The Morgan fingerprint density at radius 3 is 2.14 bits per heavy atom. The number of hydrogen-bond acceptors (Lipinski definition) is 3. The summed E-state index contributed by atoms with van der Waals surface area (Å²) in [5.74, 6) is -0.198. The van der Waals surface area contributed by atoms with Crippen molar-refractivity contribution in [3.8, 4) is 28.0 Å². The second-order valence-corrected chi connectivity index (χ2v) is 8.90. The Morgan fingerprint density at radius 2 is 1.33 bits per heavy atom. The van der Waals surface area contributed by atoms with Crippen molar-refractivity contribution in [1.29, 1.82) is 0 Å². The Kier molecular flexibility index (Phi) is 5.34. The summed E-state index contributed by atoms with van der Waals surface area (Å²) in [6.45, 7) is 0.322. The monoisotopic (exact) mass is 469 g/mol. The van der Waals surface area contributed by atoms with Crippen molar-refractivity contribution in [2.75, 3.05) is 12.0 Å². The molecule has 0 saturated heterocycles. The molecule has 1 amide bonds. The summed E-state index contributed by atoms with van der Waals surface area (Å²) >= 11 is 0. The first-order valence-electron chi connectivity index (χ1n) is 11.8. The first-order chi connectivity index (χ1) is 17.6. The van der Waals surface area contributed by atoms with E-state index < -0.39 is 11.7 Å².